The molecule has 0 aliphatic carbocycles. The number of nitrogens with zero attached hydrogens (tertiary/aromatic N) is 3. The lowest BCUT2D eigenvalue weighted by atomic mass is 10.1. The minimum Gasteiger partial charge on any atom is -0.342 e. The molecular weight excluding hydrogens is 354 g/mol. The highest BCUT2D eigenvalue weighted by Gasteiger charge is 2.20. The Morgan fingerprint density at radius 1 is 1.32 bits per heavy atom. The zero-order chi connectivity index (χ0) is 18.0. The normalized spacial score (nSPS) is 14.9. The van der Waals surface area contributed by atoms with Crippen molar-refractivity contribution in [1.82, 2.24) is 14.5 Å². The number of aryl methyl sites for hydroxylation is 1. The van der Waals surface area contributed by atoms with Gasteiger partial charge in [-0.3, -0.25) is 9.59 Å². The van der Waals surface area contributed by atoms with E-state index in [-0.39, 0.29) is 11.3 Å². The van der Waals surface area contributed by atoms with Crippen LogP contribution in [0.15, 0.2) is 22.6 Å². The Hall–Kier alpha value is -1.60. The summed E-state index contributed by atoms with van der Waals surface area (Å²) in [5.41, 5.74) is 1.24. The van der Waals surface area contributed by atoms with Crippen molar-refractivity contribution in [2.75, 3.05) is 18.8 Å². The molecule has 25 heavy (non-hydrogen) atoms. The molecule has 2 aromatic heterocycles. The van der Waals surface area contributed by atoms with E-state index >= 15 is 0 Å². The lowest BCUT2D eigenvalue weighted by molar-refractivity contribution is -0.129. The molecule has 1 fully saturated rings. The number of hydrogen-bond donors (Lipinski definition) is 0. The van der Waals surface area contributed by atoms with Crippen LogP contribution in [0.2, 0.25) is 0 Å². The third-order valence-electron chi connectivity index (χ3n) is 4.56. The van der Waals surface area contributed by atoms with Crippen LogP contribution in [0.3, 0.4) is 0 Å². The van der Waals surface area contributed by atoms with E-state index in [1.807, 2.05) is 23.3 Å². The minimum absolute atomic E-state index is 0.0155. The van der Waals surface area contributed by atoms with Crippen LogP contribution >= 0.6 is 23.1 Å². The maximum Gasteiger partial charge on any atom is 0.233 e. The van der Waals surface area contributed by atoms with Gasteiger partial charge in [0, 0.05) is 30.1 Å². The number of amides is 1. The molecule has 0 radical (unpaired) electrons. The van der Waals surface area contributed by atoms with Crippen molar-refractivity contribution in [2.45, 2.75) is 44.8 Å². The van der Waals surface area contributed by atoms with Gasteiger partial charge in [-0.15, -0.1) is 17.9 Å². The quantitative estimate of drug-likeness (QED) is 0.592. The summed E-state index contributed by atoms with van der Waals surface area (Å²) in [5.74, 6) is 0.511. The third kappa shape index (κ3) is 3.67. The molecule has 0 unspecified atom stereocenters. The first-order valence-corrected chi connectivity index (χ1v) is 10.3. The van der Waals surface area contributed by atoms with Gasteiger partial charge < -0.3 is 9.47 Å². The highest BCUT2D eigenvalue weighted by Crippen LogP contribution is 2.28. The van der Waals surface area contributed by atoms with Crippen LogP contribution in [-0.2, 0) is 11.3 Å². The second kappa shape index (κ2) is 7.74. The van der Waals surface area contributed by atoms with E-state index in [0.29, 0.717) is 17.8 Å². The minimum atomic E-state index is -0.0155. The summed E-state index contributed by atoms with van der Waals surface area (Å²) >= 11 is 2.99. The largest absolute Gasteiger partial charge is 0.342 e. The highest BCUT2D eigenvalue weighted by atomic mass is 32.2. The molecule has 3 rings (SSSR count). The van der Waals surface area contributed by atoms with Gasteiger partial charge in [-0.2, -0.15) is 0 Å². The van der Waals surface area contributed by atoms with Crippen LogP contribution in [0.5, 0.6) is 0 Å². The lowest BCUT2D eigenvalue weighted by Crippen LogP contribution is -2.36. The Labute approximate surface area is 155 Å². The molecule has 5 nitrogen and oxygen atoms in total. The number of allylic oxidation sites excluding steroid dienone is 1. The van der Waals surface area contributed by atoms with Crippen LogP contribution in [0.4, 0.5) is 0 Å². The average Bonchev–Trinajstić information content (AvgIpc) is 2.96. The monoisotopic (exact) mass is 377 g/mol. The molecule has 1 amide bonds. The van der Waals surface area contributed by atoms with Gasteiger partial charge in [-0.25, -0.2) is 4.98 Å². The smallest absolute Gasteiger partial charge is 0.233 e. The number of fused-ring (bicyclic) bond motifs is 1. The Bertz CT molecular complexity index is 863. The third-order valence-corrected chi connectivity index (χ3v) is 6.75. The van der Waals surface area contributed by atoms with Crippen molar-refractivity contribution < 1.29 is 4.79 Å². The second-order valence-electron chi connectivity index (χ2n) is 6.29. The summed E-state index contributed by atoms with van der Waals surface area (Å²) in [6.07, 6.45) is 5.18. The zero-order valence-corrected chi connectivity index (χ0v) is 16.3. The van der Waals surface area contributed by atoms with Crippen molar-refractivity contribution in [2.24, 2.45) is 0 Å². The first kappa shape index (κ1) is 18.2. The Balaban J connectivity index is 1.88. The number of hydrogen-bond acceptors (Lipinski definition) is 5. The van der Waals surface area contributed by atoms with Gasteiger partial charge in [0.2, 0.25) is 11.3 Å². The Morgan fingerprint density at radius 2 is 2.04 bits per heavy atom. The molecule has 1 aliphatic heterocycles. The highest BCUT2D eigenvalue weighted by molar-refractivity contribution is 7.99. The van der Waals surface area contributed by atoms with Crippen LogP contribution in [0.1, 0.15) is 29.7 Å². The van der Waals surface area contributed by atoms with Gasteiger partial charge in [-0.1, -0.05) is 17.8 Å². The van der Waals surface area contributed by atoms with Crippen molar-refractivity contribution in [3.8, 4) is 0 Å². The van der Waals surface area contributed by atoms with Crippen LogP contribution < -0.4 is 5.43 Å². The molecule has 1 aliphatic rings. The SMILES string of the molecule is C=CCn1c(SCC(=O)N2CCCCC2)nc2c(=O)c(C)c(C)sc21. The number of aromatic nitrogens is 2. The van der Waals surface area contributed by atoms with Crippen LogP contribution in [0, 0.1) is 13.8 Å². The molecule has 134 valence electrons. The molecule has 1 saturated heterocycles. The number of carbonyl (C=O) groups excluding carboxylic acids is 1. The molecule has 7 heteroatoms. The standard InChI is InChI=1S/C18H23N3O2S2/c1-4-8-21-17-15(16(23)12(2)13(3)25-17)19-18(21)24-11-14(22)20-9-6-5-7-10-20/h4H,1,5-11H2,2-3H3. The number of likely N-dealkylation sites (tertiary alicyclic amines) is 1. The summed E-state index contributed by atoms with van der Waals surface area (Å²) in [7, 11) is 0. The summed E-state index contributed by atoms with van der Waals surface area (Å²) in [4.78, 5) is 33.3. The predicted molar refractivity (Wildman–Crippen MR) is 105 cm³/mol. The zero-order valence-electron chi connectivity index (χ0n) is 14.7. The summed E-state index contributed by atoms with van der Waals surface area (Å²) in [6, 6.07) is 0. The van der Waals surface area contributed by atoms with Gasteiger partial charge in [0.1, 0.15) is 10.3 Å². The maximum atomic E-state index is 12.5. The molecular formula is C18H23N3O2S2. The van der Waals surface area contributed by atoms with Gasteiger partial charge in [0.05, 0.1) is 5.75 Å². The first-order chi connectivity index (χ1) is 12.0. The molecule has 0 aromatic carbocycles. The average molecular weight is 378 g/mol. The number of imidazole rings is 1. The fraction of sp³-hybridized carbons (Fsp3) is 0.500. The fourth-order valence-electron chi connectivity index (χ4n) is 2.99. The maximum absolute atomic E-state index is 12.5. The van der Waals surface area contributed by atoms with Gasteiger partial charge >= 0.3 is 0 Å². The molecule has 0 bridgehead atoms. The number of thioether (sulfide) groups is 1. The van der Waals surface area contributed by atoms with Crippen molar-refractivity contribution in [1.29, 1.82) is 0 Å². The van der Waals surface area contributed by atoms with E-state index in [4.69, 9.17) is 0 Å². The fourth-order valence-corrected chi connectivity index (χ4v) is 5.00. The molecule has 2 aromatic rings. The van der Waals surface area contributed by atoms with E-state index in [1.54, 1.807) is 17.4 Å². The van der Waals surface area contributed by atoms with Crippen molar-refractivity contribution in [3.05, 3.63) is 33.3 Å². The van der Waals surface area contributed by atoms with E-state index in [2.05, 4.69) is 11.6 Å². The summed E-state index contributed by atoms with van der Waals surface area (Å²) < 4.78 is 2.00. The van der Waals surface area contributed by atoms with Crippen molar-refractivity contribution >= 4 is 39.4 Å². The molecule has 0 saturated carbocycles. The number of piperidine rings is 1. The van der Waals surface area contributed by atoms with Gasteiger partial charge in [0.25, 0.3) is 0 Å². The summed E-state index contributed by atoms with van der Waals surface area (Å²) in [6.45, 7) is 9.89. The van der Waals surface area contributed by atoms with Gasteiger partial charge in [0.15, 0.2) is 5.16 Å². The van der Waals surface area contributed by atoms with Crippen LogP contribution in [0.25, 0.3) is 10.3 Å². The molecule has 0 spiro atoms. The van der Waals surface area contributed by atoms with E-state index in [0.717, 1.165) is 46.4 Å². The Kier molecular flexibility index (Phi) is 5.64. The van der Waals surface area contributed by atoms with E-state index in [9.17, 15) is 9.59 Å². The molecule has 0 N–H and O–H groups in total. The van der Waals surface area contributed by atoms with Crippen LogP contribution in [-0.4, -0.2) is 39.2 Å². The molecule has 3 heterocycles. The number of rotatable bonds is 5. The van der Waals surface area contributed by atoms with E-state index in [1.165, 1.54) is 18.2 Å². The van der Waals surface area contributed by atoms with Crippen molar-refractivity contribution in [3.63, 3.8) is 0 Å². The Morgan fingerprint density at radius 3 is 2.72 bits per heavy atom. The predicted octanol–water partition coefficient (Wildman–Crippen LogP) is 3.37. The lowest BCUT2D eigenvalue weighted by Gasteiger charge is -2.26. The second-order valence-corrected chi connectivity index (χ2v) is 8.44. The van der Waals surface area contributed by atoms with Gasteiger partial charge in [-0.05, 0) is 33.1 Å². The molecule has 0 atom stereocenters. The topological polar surface area (TPSA) is 55.2 Å². The number of carbonyl (C=O) groups is 1. The first-order valence-electron chi connectivity index (χ1n) is 8.55. The van der Waals surface area contributed by atoms with E-state index < -0.39 is 0 Å². The summed E-state index contributed by atoms with van der Waals surface area (Å²) in [5, 5.41) is 0.721.